The summed E-state index contributed by atoms with van der Waals surface area (Å²) in [5.74, 6) is 0.707. The minimum Gasteiger partial charge on any atom is -0.455 e. The molecule has 0 saturated heterocycles. The van der Waals surface area contributed by atoms with E-state index in [0.29, 0.717) is 5.82 Å². The van der Waals surface area contributed by atoms with Crippen molar-refractivity contribution in [3.63, 3.8) is 0 Å². The second-order valence-corrected chi connectivity index (χ2v) is 14.0. The first kappa shape index (κ1) is 31.1. The van der Waals surface area contributed by atoms with Gasteiger partial charge in [-0.2, -0.15) is 0 Å². The lowest BCUT2D eigenvalue weighted by atomic mass is 9.95. The molecule has 0 fully saturated rings. The summed E-state index contributed by atoms with van der Waals surface area (Å²) in [4.78, 5) is 15.5. The van der Waals surface area contributed by atoms with Crippen LogP contribution in [0.25, 0.3) is 111 Å². The molecule has 4 heteroatoms. The Morgan fingerprint density at radius 1 is 0.309 bits per heavy atom. The van der Waals surface area contributed by atoms with Crippen molar-refractivity contribution in [2.45, 2.75) is 0 Å². The van der Waals surface area contributed by atoms with Crippen molar-refractivity contribution in [2.75, 3.05) is 0 Å². The van der Waals surface area contributed by atoms with Crippen LogP contribution in [0.2, 0.25) is 0 Å². The summed E-state index contributed by atoms with van der Waals surface area (Å²) in [6.45, 7) is 0. The van der Waals surface area contributed by atoms with E-state index in [2.05, 4.69) is 158 Å². The highest BCUT2D eigenvalue weighted by Gasteiger charge is 2.18. The Bertz CT molecular complexity index is 3260. The second kappa shape index (κ2) is 12.6. The van der Waals surface area contributed by atoms with Crippen molar-refractivity contribution in [1.82, 2.24) is 15.0 Å². The van der Waals surface area contributed by atoms with E-state index in [4.69, 9.17) is 19.4 Å². The van der Waals surface area contributed by atoms with E-state index in [-0.39, 0.29) is 0 Å². The van der Waals surface area contributed by atoms with Crippen LogP contribution in [0.5, 0.6) is 0 Å². The quantitative estimate of drug-likeness (QED) is 0.168. The molecule has 0 aliphatic heterocycles. The Morgan fingerprint density at radius 3 is 1.65 bits per heavy atom. The molecule has 0 saturated carbocycles. The molecule has 55 heavy (non-hydrogen) atoms. The lowest BCUT2D eigenvalue weighted by Crippen LogP contribution is -1.95. The van der Waals surface area contributed by atoms with E-state index >= 15 is 0 Å². The Morgan fingerprint density at radius 2 is 0.855 bits per heavy atom. The number of pyridine rings is 1. The Kier molecular flexibility index (Phi) is 7.14. The van der Waals surface area contributed by atoms with Crippen molar-refractivity contribution < 1.29 is 4.42 Å². The summed E-state index contributed by atoms with van der Waals surface area (Å²) >= 11 is 0. The maximum Gasteiger partial charge on any atom is 0.160 e. The topological polar surface area (TPSA) is 51.8 Å². The van der Waals surface area contributed by atoms with Gasteiger partial charge in [0.15, 0.2) is 5.82 Å². The number of nitrogens with zero attached hydrogens (tertiary/aromatic N) is 3. The van der Waals surface area contributed by atoms with E-state index in [1.165, 1.54) is 0 Å². The first-order chi connectivity index (χ1) is 27.2. The van der Waals surface area contributed by atoms with E-state index < -0.39 is 0 Å². The SMILES string of the molecule is c1ccc(-c2cccc(-c3nc(-c4ccc(-c5cccc(-c6nc7ccccc7c7c6ccc6c8ccccc8oc67)c5)cc4)c4ccccc4n3)c2)cc1. The summed E-state index contributed by atoms with van der Waals surface area (Å²) in [5, 5.41) is 6.50. The molecule has 0 bridgehead atoms. The van der Waals surface area contributed by atoms with Gasteiger partial charge in [0, 0.05) is 49.0 Å². The average molecular weight is 702 g/mol. The molecule has 256 valence electrons. The van der Waals surface area contributed by atoms with Gasteiger partial charge in [0.2, 0.25) is 0 Å². The molecule has 0 aliphatic carbocycles. The number of para-hydroxylation sites is 3. The van der Waals surface area contributed by atoms with Crippen LogP contribution < -0.4 is 0 Å². The molecule has 0 atom stereocenters. The van der Waals surface area contributed by atoms with Gasteiger partial charge >= 0.3 is 0 Å². The summed E-state index contributed by atoms with van der Waals surface area (Å²) in [7, 11) is 0. The smallest absolute Gasteiger partial charge is 0.160 e. The zero-order valence-electron chi connectivity index (χ0n) is 29.6. The maximum atomic E-state index is 6.55. The van der Waals surface area contributed by atoms with Gasteiger partial charge in [0.1, 0.15) is 11.2 Å². The zero-order chi connectivity index (χ0) is 36.3. The summed E-state index contributed by atoms with van der Waals surface area (Å²) in [6.07, 6.45) is 0. The first-order valence-corrected chi connectivity index (χ1v) is 18.5. The van der Waals surface area contributed by atoms with Gasteiger partial charge < -0.3 is 4.42 Å². The van der Waals surface area contributed by atoms with Gasteiger partial charge in [0.05, 0.1) is 22.4 Å². The molecule has 0 spiro atoms. The lowest BCUT2D eigenvalue weighted by Gasteiger charge is -2.13. The number of fused-ring (bicyclic) bond motifs is 8. The van der Waals surface area contributed by atoms with Crippen molar-refractivity contribution in [2.24, 2.45) is 0 Å². The van der Waals surface area contributed by atoms with Crippen molar-refractivity contribution in [3.8, 4) is 56.2 Å². The van der Waals surface area contributed by atoms with Crippen LogP contribution in [0.15, 0.2) is 192 Å². The average Bonchev–Trinajstić information content (AvgIpc) is 3.65. The van der Waals surface area contributed by atoms with Crippen molar-refractivity contribution >= 4 is 54.5 Å². The molecule has 3 aromatic heterocycles. The van der Waals surface area contributed by atoms with Crippen LogP contribution in [-0.2, 0) is 0 Å². The van der Waals surface area contributed by atoms with Gasteiger partial charge in [-0.3, -0.25) is 0 Å². The van der Waals surface area contributed by atoms with Gasteiger partial charge in [-0.05, 0) is 58.7 Å². The predicted octanol–water partition coefficient (Wildman–Crippen LogP) is 13.6. The molecular formula is C51H31N3O. The zero-order valence-corrected chi connectivity index (χ0v) is 29.6. The molecule has 0 radical (unpaired) electrons. The highest BCUT2D eigenvalue weighted by Crippen LogP contribution is 2.41. The molecular weight excluding hydrogens is 671 g/mol. The molecule has 11 rings (SSSR count). The van der Waals surface area contributed by atoms with Crippen molar-refractivity contribution in [3.05, 3.63) is 188 Å². The third kappa shape index (κ3) is 5.26. The standard InChI is InChI=1S/C51H31N3O/c1-2-12-32(13-3-1)36-15-11-17-38(31-36)51-53-45-22-8-5-20-42(45)48(54-51)34-26-24-33(25-27-34)35-14-10-16-37(30-35)49-43-29-28-40-39-18-6-9-23-46(39)55-50(40)47(43)41-19-4-7-21-44(41)52-49/h1-31H. The predicted molar refractivity (Wildman–Crippen MR) is 227 cm³/mol. The van der Waals surface area contributed by atoms with Crippen LogP contribution in [0, 0.1) is 0 Å². The van der Waals surface area contributed by atoms with Crippen LogP contribution >= 0.6 is 0 Å². The Balaban J connectivity index is 1.00. The number of aromatic nitrogens is 3. The van der Waals surface area contributed by atoms with Crippen LogP contribution in [0.3, 0.4) is 0 Å². The Hall–Kier alpha value is -7.43. The van der Waals surface area contributed by atoms with Crippen molar-refractivity contribution in [1.29, 1.82) is 0 Å². The summed E-state index contributed by atoms with van der Waals surface area (Å²) < 4.78 is 6.55. The fourth-order valence-electron chi connectivity index (χ4n) is 8.00. The van der Waals surface area contributed by atoms with Gasteiger partial charge in [0.25, 0.3) is 0 Å². The maximum absolute atomic E-state index is 6.55. The third-order valence-corrected chi connectivity index (χ3v) is 10.7. The van der Waals surface area contributed by atoms with E-state index in [0.717, 1.165) is 105 Å². The normalized spacial score (nSPS) is 11.6. The van der Waals surface area contributed by atoms with Gasteiger partial charge in [-0.1, -0.05) is 152 Å². The minimum atomic E-state index is 0.707. The molecule has 0 N–H and O–H groups in total. The monoisotopic (exact) mass is 701 g/mol. The molecule has 0 unspecified atom stereocenters. The third-order valence-electron chi connectivity index (χ3n) is 10.7. The number of furan rings is 1. The van der Waals surface area contributed by atoms with Crippen LogP contribution in [-0.4, -0.2) is 15.0 Å². The second-order valence-electron chi connectivity index (χ2n) is 14.0. The number of rotatable bonds is 5. The van der Waals surface area contributed by atoms with E-state index in [1.54, 1.807) is 0 Å². The molecule has 11 aromatic rings. The van der Waals surface area contributed by atoms with Crippen LogP contribution in [0.1, 0.15) is 0 Å². The lowest BCUT2D eigenvalue weighted by molar-refractivity contribution is 0.673. The Labute approximate surface area is 317 Å². The van der Waals surface area contributed by atoms with Gasteiger partial charge in [-0.25, -0.2) is 15.0 Å². The summed E-state index contributed by atoms with van der Waals surface area (Å²) in [6, 6.07) is 65.5. The van der Waals surface area contributed by atoms with E-state index in [1.807, 2.05) is 30.3 Å². The molecule has 0 aliphatic rings. The van der Waals surface area contributed by atoms with Crippen LogP contribution in [0.4, 0.5) is 0 Å². The number of benzene rings is 8. The minimum absolute atomic E-state index is 0.707. The highest BCUT2D eigenvalue weighted by molar-refractivity contribution is 6.24. The largest absolute Gasteiger partial charge is 0.455 e. The fourth-order valence-corrected chi connectivity index (χ4v) is 8.00. The fraction of sp³-hybridized carbons (Fsp3) is 0. The molecule has 8 aromatic carbocycles. The number of hydrogen-bond acceptors (Lipinski definition) is 4. The molecule has 3 heterocycles. The molecule has 0 amide bonds. The number of hydrogen-bond donors (Lipinski definition) is 0. The highest BCUT2D eigenvalue weighted by atomic mass is 16.3. The summed E-state index contributed by atoms with van der Waals surface area (Å²) in [5.41, 5.74) is 13.1. The van der Waals surface area contributed by atoms with E-state index in [9.17, 15) is 0 Å². The van der Waals surface area contributed by atoms with Gasteiger partial charge in [-0.15, -0.1) is 0 Å². The molecule has 4 nitrogen and oxygen atoms in total. The first-order valence-electron chi connectivity index (χ1n) is 18.5.